The number of aryl methyl sites for hydroxylation is 2. The van der Waals surface area contributed by atoms with Gasteiger partial charge in [0.2, 0.25) is 5.78 Å². The maximum absolute atomic E-state index is 13.0. The number of para-hydroxylation sites is 1. The second-order valence-electron chi connectivity index (χ2n) is 7.05. The van der Waals surface area contributed by atoms with Gasteiger partial charge in [0.05, 0.1) is 0 Å². The summed E-state index contributed by atoms with van der Waals surface area (Å²) in [5.41, 5.74) is 2.13. The highest BCUT2D eigenvalue weighted by Crippen LogP contribution is 2.20. The van der Waals surface area contributed by atoms with Crippen molar-refractivity contribution in [3.8, 4) is 5.69 Å². The van der Waals surface area contributed by atoms with E-state index in [1.54, 1.807) is 11.4 Å². The second kappa shape index (κ2) is 5.72. The summed E-state index contributed by atoms with van der Waals surface area (Å²) in [6.07, 6.45) is 1.89. The van der Waals surface area contributed by atoms with Crippen molar-refractivity contribution in [1.29, 1.82) is 0 Å². The Morgan fingerprint density at radius 2 is 1.81 bits per heavy atom. The minimum atomic E-state index is -0.333. The molecule has 7 heteroatoms. The van der Waals surface area contributed by atoms with E-state index in [1.165, 1.54) is 9.13 Å². The number of fused-ring (bicyclic) bond motifs is 3. The number of rotatable bonds is 3. The Kier molecular flexibility index (Phi) is 3.61. The van der Waals surface area contributed by atoms with Crippen LogP contribution >= 0.6 is 0 Å². The van der Waals surface area contributed by atoms with Crippen LogP contribution < -0.4 is 11.2 Å². The summed E-state index contributed by atoms with van der Waals surface area (Å²) in [5, 5.41) is 0. The summed E-state index contributed by atoms with van der Waals surface area (Å²) in [7, 11) is 1.66. The smallest absolute Gasteiger partial charge is 0.283 e. The largest absolute Gasteiger partial charge is 0.332 e. The molecule has 4 rings (SSSR count). The van der Waals surface area contributed by atoms with E-state index >= 15 is 0 Å². The zero-order valence-corrected chi connectivity index (χ0v) is 15.3. The van der Waals surface area contributed by atoms with E-state index in [0.717, 1.165) is 11.4 Å². The number of nitrogens with zero attached hydrogens (tertiary/aromatic N) is 5. The molecule has 0 spiro atoms. The van der Waals surface area contributed by atoms with Gasteiger partial charge >= 0.3 is 5.69 Å². The molecule has 0 bridgehead atoms. The third kappa shape index (κ3) is 2.23. The highest BCUT2D eigenvalue weighted by atomic mass is 16.2. The topological polar surface area (TPSA) is 66.2 Å². The van der Waals surface area contributed by atoms with Gasteiger partial charge in [0, 0.05) is 31.2 Å². The minimum Gasteiger partial charge on any atom is -0.283 e. The van der Waals surface area contributed by atoms with Crippen molar-refractivity contribution in [3.63, 3.8) is 0 Å². The zero-order chi connectivity index (χ0) is 18.6. The van der Waals surface area contributed by atoms with E-state index < -0.39 is 0 Å². The molecule has 0 N–H and O–H groups in total. The fraction of sp³-hybridized carbons (Fsp3) is 0.316. The molecule has 0 aliphatic carbocycles. The number of aromatic nitrogens is 5. The van der Waals surface area contributed by atoms with Crippen molar-refractivity contribution >= 4 is 16.9 Å². The van der Waals surface area contributed by atoms with Gasteiger partial charge in [-0.25, -0.2) is 4.79 Å². The van der Waals surface area contributed by atoms with Gasteiger partial charge in [-0.05, 0) is 25.0 Å². The summed E-state index contributed by atoms with van der Waals surface area (Å²) in [4.78, 5) is 30.3. The first-order valence-corrected chi connectivity index (χ1v) is 8.65. The predicted molar refractivity (Wildman–Crippen MR) is 101 cm³/mol. The van der Waals surface area contributed by atoms with Gasteiger partial charge < -0.3 is 0 Å². The molecule has 0 aliphatic heterocycles. The molecule has 0 unspecified atom stereocenters. The number of hydrogen-bond donors (Lipinski definition) is 0. The minimum absolute atomic E-state index is 0.192. The first-order valence-electron chi connectivity index (χ1n) is 8.65. The average Bonchev–Trinajstić information content (AvgIpc) is 3.12. The van der Waals surface area contributed by atoms with E-state index in [0.29, 0.717) is 23.5 Å². The molecule has 4 aromatic rings. The molecule has 134 valence electrons. The second-order valence-corrected chi connectivity index (χ2v) is 7.05. The van der Waals surface area contributed by atoms with Gasteiger partial charge in [0.15, 0.2) is 11.2 Å². The maximum atomic E-state index is 13.0. The van der Waals surface area contributed by atoms with E-state index in [-0.39, 0.29) is 17.2 Å². The molecule has 1 aromatic carbocycles. The third-order valence-electron chi connectivity index (χ3n) is 4.59. The zero-order valence-electron chi connectivity index (χ0n) is 15.3. The van der Waals surface area contributed by atoms with E-state index in [2.05, 4.69) is 4.98 Å². The summed E-state index contributed by atoms with van der Waals surface area (Å²) in [6.45, 7) is 6.32. The van der Waals surface area contributed by atoms with Crippen LogP contribution in [-0.4, -0.2) is 23.1 Å². The molecule has 0 radical (unpaired) electrons. The van der Waals surface area contributed by atoms with Crippen molar-refractivity contribution in [1.82, 2.24) is 23.1 Å². The van der Waals surface area contributed by atoms with E-state index in [4.69, 9.17) is 0 Å². The van der Waals surface area contributed by atoms with Crippen LogP contribution in [0.3, 0.4) is 0 Å². The average molecular weight is 351 g/mol. The Morgan fingerprint density at radius 3 is 2.46 bits per heavy atom. The molecule has 0 fully saturated rings. The van der Waals surface area contributed by atoms with Gasteiger partial charge in [0.1, 0.15) is 0 Å². The molecule has 0 atom stereocenters. The molecule has 26 heavy (non-hydrogen) atoms. The standard InChI is InChI=1S/C19H21N5O2/c1-12(2)10-23-17(25)15-16(21(4)19(23)26)20-18-22(15)11-13(3)24(18)14-8-6-5-7-9-14/h5-9,11-12H,10H2,1-4H3. The van der Waals surface area contributed by atoms with Crippen molar-refractivity contribution in [2.24, 2.45) is 13.0 Å². The van der Waals surface area contributed by atoms with Gasteiger partial charge in [-0.1, -0.05) is 32.0 Å². The van der Waals surface area contributed by atoms with Crippen LogP contribution in [0.2, 0.25) is 0 Å². The molecular weight excluding hydrogens is 330 g/mol. The molecule has 3 aromatic heterocycles. The Morgan fingerprint density at radius 1 is 1.12 bits per heavy atom. The Hall–Kier alpha value is -3.09. The van der Waals surface area contributed by atoms with Gasteiger partial charge in [-0.2, -0.15) is 4.98 Å². The van der Waals surface area contributed by atoms with Crippen molar-refractivity contribution in [2.45, 2.75) is 27.3 Å². The number of benzene rings is 1. The predicted octanol–water partition coefficient (Wildman–Crippen LogP) is 2.10. The van der Waals surface area contributed by atoms with Gasteiger partial charge in [-0.15, -0.1) is 0 Å². The molecule has 0 amide bonds. The summed E-state index contributed by atoms with van der Waals surface area (Å²) >= 11 is 0. The highest BCUT2D eigenvalue weighted by molar-refractivity contribution is 5.76. The lowest BCUT2D eigenvalue weighted by atomic mass is 10.2. The Labute approximate surface area is 149 Å². The number of hydrogen-bond acceptors (Lipinski definition) is 3. The van der Waals surface area contributed by atoms with Crippen LogP contribution in [0, 0.1) is 12.8 Å². The SMILES string of the molecule is Cc1cn2c3c(=O)n(CC(C)C)c(=O)n(C)c3nc2n1-c1ccccc1. The molecule has 7 nitrogen and oxygen atoms in total. The summed E-state index contributed by atoms with van der Waals surface area (Å²) in [5.74, 6) is 0.815. The quantitative estimate of drug-likeness (QED) is 0.568. The van der Waals surface area contributed by atoms with E-state index in [9.17, 15) is 9.59 Å². The van der Waals surface area contributed by atoms with Crippen LogP contribution in [0.1, 0.15) is 19.5 Å². The first kappa shape index (κ1) is 16.4. The highest BCUT2D eigenvalue weighted by Gasteiger charge is 2.20. The Bertz CT molecular complexity index is 1240. The van der Waals surface area contributed by atoms with Crippen molar-refractivity contribution in [3.05, 3.63) is 63.1 Å². The van der Waals surface area contributed by atoms with Crippen LogP contribution in [0.15, 0.2) is 46.1 Å². The normalized spacial score (nSPS) is 11.9. The molecule has 0 saturated heterocycles. The lowest BCUT2D eigenvalue weighted by Gasteiger charge is -2.09. The van der Waals surface area contributed by atoms with Gasteiger partial charge in [-0.3, -0.25) is 22.9 Å². The first-order chi connectivity index (χ1) is 12.4. The van der Waals surface area contributed by atoms with Crippen LogP contribution in [-0.2, 0) is 13.6 Å². The molecule has 0 saturated carbocycles. The summed E-state index contributed by atoms with van der Waals surface area (Å²) < 4.78 is 6.53. The molecule has 0 aliphatic rings. The van der Waals surface area contributed by atoms with Crippen LogP contribution in [0.5, 0.6) is 0 Å². The monoisotopic (exact) mass is 351 g/mol. The Balaban J connectivity index is 2.14. The van der Waals surface area contributed by atoms with Crippen LogP contribution in [0.4, 0.5) is 0 Å². The summed E-state index contributed by atoms with van der Waals surface area (Å²) in [6, 6.07) is 9.85. The van der Waals surface area contributed by atoms with Crippen molar-refractivity contribution in [2.75, 3.05) is 0 Å². The van der Waals surface area contributed by atoms with Crippen molar-refractivity contribution < 1.29 is 0 Å². The fourth-order valence-electron chi connectivity index (χ4n) is 3.43. The molecule has 3 heterocycles. The van der Waals surface area contributed by atoms with Gasteiger partial charge in [0.25, 0.3) is 5.56 Å². The number of imidazole rings is 2. The lowest BCUT2D eigenvalue weighted by Crippen LogP contribution is -2.40. The van der Waals surface area contributed by atoms with E-state index in [1.807, 2.05) is 61.9 Å². The van der Waals surface area contributed by atoms with Crippen LogP contribution in [0.25, 0.3) is 22.6 Å². The molecular formula is C19H21N5O2. The third-order valence-corrected chi connectivity index (χ3v) is 4.59. The maximum Gasteiger partial charge on any atom is 0.332 e. The fourth-order valence-corrected chi connectivity index (χ4v) is 3.43. The lowest BCUT2D eigenvalue weighted by molar-refractivity contribution is 0.484.